The molecule has 0 atom stereocenters. The Hall–Kier alpha value is -0.790. The van der Waals surface area contributed by atoms with Crippen LogP contribution in [0.3, 0.4) is 0 Å². The molecule has 0 aliphatic heterocycles. The second-order valence-electron chi connectivity index (χ2n) is 2.60. The summed E-state index contributed by atoms with van der Waals surface area (Å²) in [5, 5.41) is 3.73. The fraction of sp³-hybridized carbons (Fsp3) is 0.625. The molecule has 0 spiro atoms. The third kappa shape index (κ3) is 2.21. The van der Waals surface area contributed by atoms with Crippen LogP contribution in [-0.2, 0) is 0 Å². The van der Waals surface area contributed by atoms with Gasteiger partial charge in [0.05, 0.1) is 0 Å². The van der Waals surface area contributed by atoms with Gasteiger partial charge in [-0.2, -0.15) is 5.10 Å². The number of nitrogens with zero attached hydrogens (tertiary/aromatic N) is 1. The van der Waals surface area contributed by atoms with Gasteiger partial charge in [-0.15, -0.1) is 0 Å². The van der Waals surface area contributed by atoms with Crippen LogP contribution in [0.1, 0.15) is 32.1 Å². The van der Waals surface area contributed by atoms with Crippen molar-refractivity contribution in [3.05, 3.63) is 12.2 Å². The van der Waals surface area contributed by atoms with Gasteiger partial charge in [0.15, 0.2) is 0 Å². The van der Waals surface area contributed by atoms with E-state index >= 15 is 0 Å². The van der Waals surface area contributed by atoms with E-state index in [0.717, 1.165) is 19.3 Å². The van der Waals surface area contributed by atoms with Gasteiger partial charge >= 0.3 is 0 Å². The van der Waals surface area contributed by atoms with Crippen LogP contribution in [0.25, 0.3) is 0 Å². The quantitative estimate of drug-likeness (QED) is 0.309. The number of hydrazone groups is 1. The van der Waals surface area contributed by atoms with Crippen molar-refractivity contribution < 1.29 is 0 Å². The summed E-state index contributed by atoms with van der Waals surface area (Å²) in [5.74, 6) is 5.19. The van der Waals surface area contributed by atoms with E-state index in [-0.39, 0.29) is 0 Å². The monoisotopic (exact) mass is 138 g/mol. The van der Waals surface area contributed by atoms with Crippen LogP contribution in [0.2, 0.25) is 0 Å². The third-order valence-corrected chi connectivity index (χ3v) is 1.78. The van der Waals surface area contributed by atoms with Crippen LogP contribution in [0.4, 0.5) is 0 Å². The van der Waals surface area contributed by atoms with Gasteiger partial charge in [0.25, 0.3) is 0 Å². The van der Waals surface area contributed by atoms with E-state index in [0.29, 0.717) is 0 Å². The maximum atomic E-state index is 5.19. The van der Waals surface area contributed by atoms with E-state index in [4.69, 9.17) is 5.84 Å². The standard InChI is InChI=1S/C8H14N2/c9-10-8-6-4-2-1-3-5-7-8/h1-2H,3-7,9H2. The van der Waals surface area contributed by atoms with Crippen LogP contribution in [-0.4, -0.2) is 5.71 Å². The molecule has 0 heterocycles. The van der Waals surface area contributed by atoms with Gasteiger partial charge in [-0.25, -0.2) is 0 Å². The fourth-order valence-corrected chi connectivity index (χ4v) is 1.16. The predicted octanol–water partition coefficient (Wildman–Crippen LogP) is 1.82. The molecule has 0 aromatic carbocycles. The first-order valence-electron chi connectivity index (χ1n) is 3.84. The molecular weight excluding hydrogens is 124 g/mol. The van der Waals surface area contributed by atoms with Gasteiger partial charge in [-0.3, -0.25) is 0 Å². The van der Waals surface area contributed by atoms with Crippen molar-refractivity contribution in [2.45, 2.75) is 32.1 Å². The van der Waals surface area contributed by atoms with E-state index < -0.39 is 0 Å². The zero-order valence-corrected chi connectivity index (χ0v) is 6.21. The van der Waals surface area contributed by atoms with Gasteiger partial charge in [0, 0.05) is 5.71 Å². The average Bonchev–Trinajstić information content (AvgIpc) is 1.87. The molecule has 0 saturated heterocycles. The first-order valence-corrected chi connectivity index (χ1v) is 3.84. The number of rotatable bonds is 0. The Kier molecular flexibility index (Phi) is 3.00. The molecule has 56 valence electrons. The molecule has 2 nitrogen and oxygen atoms in total. The Labute approximate surface area is 61.8 Å². The lowest BCUT2D eigenvalue weighted by molar-refractivity contribution is 0.843. The lowest BCUT2D eigenvalue weighted by Gasteiger charge is -2.04. The van der Waals surface area contributed by atoms with E-state index in [1.165, 1.54) is 18.6 Å². The van der Waals surface area contributed by atoms with Crippen LogP contribution in [0.15, 0.2) is 17.3 Å². The highest BCUT2D eigenvalue weighted by molar-refractivity contribution is 5.84. The molecule has 0 bridgehead atoms. The van der Waals surface area contributed by atoms with Crippen molar-refractivity contribution in [2.75, 3.05) is 0 Å². The molecule has 1 rings (SSSR count). The van der Waals surface area contributed by atoms with Crippen molar-refractivity contribution >= 4 is 5.71 Å². The summed E-state index contributed by atoms with van der Waals surface area (Å²) in [6.45, 7) is 0. The Balaban J connectivity index is 2.42. The predicted molar refractivity (Wildman–Crippen MR) is 43.8 cm³/mol. The normalized spacial score (nSPS) is 24.2. The minimum absolute atomic E-state index is 1.05. The summed E-state index contributed by atoms with van der Waals surface area (Å²) in [4.78, 5) is 0. The zero-order valence-electron chi connectivity index (χ0n) is 6.21. The molecule has 10 heavy (non-hydrogen) atoms. The van der Waals surface area contributed by atoms with Gasteiger partial charge in [-0.05, 0) is 32.1 Å². The fourth-order valence-electron chi connectivity index (χ4n) is 1.16. The molecule has 0 radical (unpaired) electrons. The molecule has 0 aromatic rings. The number of hydrogen-bond acceptors (Lipinski definition) is 2. The molecule has 0 aromatic heterocycles. The summed E-state index contributed by atoms with van der Waals surface area (Å²) in [6, 6.07) is 0. The Morgan fingerprint density at radius 1 is 1.20 bits per heavy atom. The maximum absolute atomic E-state index is 5.19. The minimum Gasteiger partial charge on any atom is -0.323 e. The largest absolute Gasteiger partial charge is 0.323 e. The molecule has 1 aliphatic carbocycles. The lowest BCUT2D eigenvalue weighted by atomic mass is 10.0. The smallest absolute Gasteiger partial charge is 0.0379 e. The van der Waals surface area contributed by atoms with Crippen LogP contribution >= 0.6 is 0 Å². The summed E-state index contributed by atoms with van der Waals surface area (Å²) < 4.78 is 0. The lowest BCUT2D eigenvalue weighted by Crippen LogP contribution is -2.02. The summed E-state index contributed by atoms with van der Waals surface area (Å²) in [7, 11) is 0. The topological polar surface area (TPSA) is 38.4 Å². The van der Waals surface area contributed by atoms with Gasteiger partial charge in [-0.1, -0.05) is 12.2 Å². The summed E-state index contributed by atoms with van der Waals surface area (Å²) in [6.07, 6.45) is 10.1. The van der Waals surface area contributed by atoms with Crippen molar-refractivity contribution in [3.8, 4) is 0 Å². The molecule has 2 N–H and O–H groups in total. The van der Waals surface area contributed by atoms with E-state index in [9.17, 15) is 0 Å². The van der Waals surface area contributed by atoms with E-state index in [1.54, 1.807) is 0 Å². The highest BCUT2D eigenvalue weighted by Crippen LogP contribution is 2.08. The number of allylic oxidation sites excluding steroid dienone is 2. The first-order chi connectivity index (χ1) is 4.93. The highest BCUT2D eigenvalue weighted by atomic mass is 15.1. The Morgan fingerprint density at radius 3 is 2.80 bits per heavy atom. The second-order valence-corrected chi connectivity index (χ2v) is 2.60. The van der Waals surface area contributed by atoms with Gasteiger partial charge in [0.2, 0.25) is 0 Å². The van der Waals surface area contributed by atoms with Crippen molar-refractivity contribution in [2.24, 2.45) is 10.9 Å². The third-order valence-electron chi connectivity index (χ3n) is 1.78. The van der Waals surface area contributed by atoms with E-state index in [2.05, 4.69) is 17.3 Å². The molecule has 0 fully saturated rings. The molecule has 0 saturated carbocycles. The molecule has 2 heteroatoms. The molecule has 1 aliphatic rings. The molecule has 0 unspecified atom stereocenters. The van der Waals surface area contributed by atoms with Crippen molar-refractivity contribution in [1.82, 2.24) is 0 Å². The summed E-state index contributed by atoms with van der Waals surface area (Å²) in [5.41, 5.74) is 1.17. The summed E-state index contributed by atoms with van der Waals surface area (Å²) >= 11 is 0. The van der Waals surface area contributed by atoms with Crippen LogP contribution in [0, 0.1) is 0 Å². The first kappa shape index (κ1) is 7.32. The van der Waals surface area contributed by atoms with E-state index in [1.807, 2.05) is 0 Å². The SMILES string of the molecule is NN=C1CCC=CCCC1. The van der Waals surface area contributed by atoms with Crippen LogP contribution < -0.4 is 5.84 Å². The van der Waals surface area contributed by atoms with Crippen molar-refractivity contribution in [3.63, 3.8) is 0 Å². The van der Waals surface area contributed by atoms with Gasteiger partial charge in [0.1, 0.15) is 0 Å². The van der Waals surface area contributed by atoms with Crippen molar-refractivity contribution in [1.29, 1.82) is 0 Å². The Bertz CT molecular complexity index is 147. The average molecular weight is 138 g/mol. The number of hydrogen-bond donors (Lipinski definition) is 1. The zero-order chi connectivity index (χ0) is 7.23. The molecular formula is C8H14N2. The van der Waals surface area contributed by atoms with Crippen LogP contribution in [0.5, 0.6) is 0 Å². The van der Waals surface area contributed by atoms with Gasteiger partial charge < -0.3 is 5.84 Å². The highest BCUT2D eigenvalue weighted by Gasteiger charge is 1.99. The second kappa shape index (κ2) is 4.09. The minimum atomic E-state index is 1.05. The molecule has 0 amide bonds. The number of nitrogens with two attached hydrogens (primary N) is 1. The maximum Gasteiger partial charge on any atom is 0.0379 e. The Morgan fingerprint density at radius 2 is 2.00 bits per heavy atom.